The molecule has 4 amide bonds. The van der Waals surface area contributed by atoms with Crippen molar-refractivity contribution in [3.8, 4) is 0 Å². The number of β-lactam (4-membered cyclic amide) rings is 1. The first-order valence-electron chi connectivity index (χ1n) is 8.45. The number of hydrogen-bond donors (Lipinski definition) is 3. The van der Waals surface area contributed by atoms with Crippen LogP contribution in [0.1, 0.15) is 26.5 Å². The molecule has 0 unspecified atom stereocenters. The lowest BCUT2D eigenvalue weighted by atomic mass is 10.1. The Hall–Kier alpha value is -3.22. The van der Waals surface area contributed by atoms with Crippen LogP contribution in [0.15, 0.2) is 10.5 Å². The highest BCUT2D eigenvalue weighted by Gasteiger charge is 2.43. The molecule has 0 aromatic carbocycles. The monoisotopic (exact) mass is 426 g/mol. The standard InChI is InChI=1S/C16H22N6O6S/c1-16(2,3)28-20-11(9-7-29-14(17)19-9)12(25)18-8-5-22(13(8)26)15(27)21(4)6-10(23)24/h7-8H,5-6H2,1-4H3,(H2,17,19)(H,18,25)(H,23,24)/t8-/m0/s1. The predicted octanol–water partition coefficient (Wildman–Crippen LogP) is -0.292. The number of amides is 4. The van der Waals surface area contributed by atoms with E-state index in [1.165, 1.54) is 12.4 Å². The summed E-state index contributed by atoms with van der Waals surface area (Å²) in [5.41, 5.74) is 4.97. The van der Waals surface area contributed by atoms with Crippen molar-refractivity contribution in [1.82, 2.24) is 20.1 Å². The van der Waals surface area contributed by atoms with Gasteiger partial charge in [0.1, 0.15) is 23.9 Å². The Bertz CT molecular complexity index is 860. The number of nitrogens with two attached hydrogens (primary N) is 1. The molecule has 12 nitrogen and oxygen atoms in total. The summed E-state index contributed by atoms with van der Waals surface area (Å²) in [5.74, 6) is -2.58. The third-order valence-corrected chi connectivity index (χ3v) is 4.23. The Morgan fingerprint density at radius 2 is 2.14 bits per heavy atom. The first-order chi connectivity index (χ1) is 13.4. The second-order valence-corrected chi connectivity index (χ2v) is 8.11. The van der Waals surface area contributed by atoms with E-state index in [-0.39, 0.29) is 23.1 Å². The molecular weight excluding hydrogens is 404 g/mol. The zero-order chi connectivity index (χ0) is 21.9. The number of nitrogen functional groups attached to an aromatic ring is 1. The number of aliphatic carboxylic acids is 1. The minimum absolute atomic E-state index is 0.0972. The zero-order valence-electron chi connectivity index (χ0n) is 16.3. The molecule has 1 aromatic heterocycles. The first-order valence-corrected chi connectivity index (χ1v) is 9.33. The van der Waals surface area contributed by atoms with E-state index in [0.717, 1.165) is 21.1 Å². The number of likely N-dealkylation sites (tertiary alicyclic amines) is 1. The van der Waals surface area contributed by atoms with Gasteiger partial charge in [-0.25, -0.2) is 9.78 Å². The molecule has 2 heterocycles. The van der Waals surface area contributed by atoms with E-state index in [0.29, 0.717) is 0 Å². The molecule has 1 atom stereocenters. The van der Waals surface area contributed by atoms with Gasteiger partial charge in [-0.2, -0.15) is 0 Å². The molecule has 0 bridgehead atoms. The minimum atomic E-state index is -1.21. The molecule has 13 heteroatoms. The van der Waals surface area contributed by atoms with Gasteiger partial charge in [0.2, 0.25) is 0 Å². The number of thiazole rings is 1. The first kappa shape index (κ1) is 22.1. The number of carboxylic acid groups (broad SMARTS) is 1. The highest BCUT2D eigenvalue weighted by atomic mass is 32.1. The van der Waals surface area contributed by atoms with Gasteiger partial charge in [0.25, 0.3) is 11.8 Å². The fourth-order valence-electron chi connectivity index (χ4n) is 2.19. The summed E-state index contributed by atoms with van der Waals surface area (Å²) in [4.78, 5) is 58.6. The van der Waals surface area contributed by atoms with Gasteiger partial charge in [0.05, 0.1) is 6.54 Å². The van der Waals surface area contributed by atoms with Gasteiger partial charge in [0, 0.05) is 12.4 Å². The number of carboxylic acids is 1. The molecule has 0 saturated carbocycles. The predicted molar refractivity (Wildman–Crippen MR) is 103 cm³/mol. The SMILES string of the molecule is CN(CC(=O)O)C(=O)N1C[C@H](NC(=O)C(=NOC(C)(C)C)c2csc(N)n2)C1=O. The Morgan fingerprint density at radius 3 is 2.62 bits per heavy atom. The van der Waals surface area contributed by atoms with Crippen LogP contribution in [-0.2, 0) is 19.2 Å². The summed E-state index contributed by atoms with van der Waals surface area (Å²) in [6.45, 7) is 4.59. The second-order valence-electron chi connectivity index (χ2n) is 7.22. The number of hydrogen-bond acceptors (Lipinski definition) is 9. The number of nitrogens with zero attached hydrogens (tertiary/aromatic N) is 4. The van der Waals surface area contributed by atoms with Crippen molar-refractivity contribution in [3.63, 3.8) is 0 Å². The molecule has 0 spiro atoms. The Balaban J connectivity index is 2.06. The summed E-state index contributed by atoms with van der Waals surface area (Å²) in [5, 5.41) is 16.8. The van der Waals surface area contributed by atoms with Crippen LogP contribution in [0, 0.1) is 0 Å². The molecule has 4 N–H and O–H groups in total. The van der Waals surface area contributed by atoms with Gasteiger partial charge in [-0.3, -0.25) is 19.3 Å². The molecule has 1 saturated heterocycles. The number of aromatic nitrogens is 1. The van der Waals surface area contributed by atoms with E-state index in [4.69, 9.17) is 15.7 Å². The molecular formula is C16H22N6O6S. The van der Waals surface area contributed by atoms with Crippen molar-refractivity contribution >= 4 is 46.0 Å². The normalized spacial score (nSPS) is 16.8. The van der Waals surface area contributed by atoms with Gasteiger partial charge < -0.3 is 25.9 Å². The zero-order valence-corrected chi connectivity index (χ0v) is 17.1. The summed E-state index contributed by atoms with van der Waals surface area (Å²) in [6.07, 6.45) is 0. The fraction of sp³-hybridized carbons (Fsp3) is 0.500. The summed E-state index contributed by atoms with van der Waals surface area (Å²) in [7, 11) is 1.26. The second kappa shape index (κ2) is 8.43. The average Bonchev–Trinajstić information content (AvgIpc) is 3.02. The summed E-state index contributed by atoms with van der Waals surface area (Å²) < 4.78 is 0. The fourth-order valence-corrected chi connectivity index (χ4v) is 2.74. The third kappa shape index (κ3) is 5.63. The number of anilines is 1. The number of urea groups is 1. The van der Waals surface area contributed by atoms with Crippen molar-refractivity contribution < 1.29 is 29.1 Å². The van der Waals surface area contributed by atoms with E-state index in [1.54, 1.807) is 20.8 Å². The molecule has 0 radical (unpaired) electrons. The maximum Gasteiger partial charge on any atom is 0.327 e. The lowest BCUT2D eigenvalue weighted by Gasteiger charge is -2.38. The molecule has 1 aromatic rings. The molecule has 158 valence electrons. The van der Waals surface area contributed by atoms with Crippen LogP contribution in [0.5, 0.6) is 0 Å². The molecule has 29 heavy (non-hydrogen) atoms. The lowest BCUT2D eigenvalue weighted by Crippen LogP contribution is -2.67. The quantitative estimate of drug-likeness (QED) is 0.317. The number of likely N-dealkylation sites (N-methyl/N-ethyl adjacent to an activating group) is 1. The molecule has 1 aliphatic rings. The van der Waals surface area contributed by atoms with Crippen LogP contribution >= 0.6 is 11.3 Å². The number of carbonyl (C=O) groups excluding carboxylic acids is 3. The Morgan fingerprint density at radius 1 is 1.48 bits per heavy atom. The van der Waals surface area contributed by atoms with Crippen LogP contribution in [0.25, 0.3) is 0 Å². The number of nitrogens with one attached hydrogen (secondary N) is 1. The molecule has 1 aliphatic heterocycles. The van der Waals surface area contributed by atoms with Crippen LogP contribution in [-0.4, -0.2) is 81.2 Å². The van der Waals surface area contributed by atoms with Crippen molar-refractivity contribution in [1.29, 1.82) is 0 Å². The molecule has 2 rings (SSSR count). The third-order valence-electron chi connectivity index (χ3n) is 3.55. The maximum absolute atomic E-state index is 12.6. The van der Waals surface area contributed by atoms with Crippen molar-refractivity contribution in [3.05, 3.63) is 11.1 Å². The Labute approximate surface area is 170 Å². The van der Waals surface area contributed by atoms with Gasteiger partial charge in [-0.15, -0.1) is 11.3 Å². The van der Waals surface area contributed by atoms with E-state index in [1.807, 2.05) is 0 Å². The molecule has 0 aliphatic carbocycles. The van der Waals surface area contributed by atoms with Crippen LogP contribution in [0.2, 0.25) is 0 Å². The van der Waals surface area contributed by atoms with E-state index in [2.05, 4.69) is 15.5 Å². The molecule has 1 fully saturated rings. The highest BCUT2D eigenvalue weighted by Crippen LogP contribution is 2.16. The van der Waals surface area contributed by atoms with Crippen LogP contribution < -0.4 is 11.1 Å². The van der Waals surface area contributed by atoms with E-state index < -0.39 is 42.0 Å². The van der Waals surface area contributed by atoms with Gasteiger partial charge in [0.15, 0.2) is 10.8 Å². The topological polar surface area (TPSA) is 168 Å². The smallest absolute Gasteiger partial charge is 0.327 e. The number of carbonyl (C=O) groups is 4. The highest BCUT2D eigenvalue weighted by molar-refractivity contribution is 7.13. The van der Waals surface area contributed by atoms with Crippen molar-refractivity contribution in [2.75, 3.05) is 25.9 Å². The van der Waals surface area contributed by atoms with E-state index in [9.17, 15) is 19.2 Å². The van der Waals surface area contributed by atoms with E-state index >= 15 is 0 Å². The van der Waals surface area contributed by atoms with Gasteiger partial charge >= 0.3 is 12.0 Å². The average molecular weight is 426 g/mol. The number of imide groups is 1. The van der Waals surface area contributed by atoms with Gasteiger partial charge in [-0.05, 0) is 20.8 Å². The maximum atomic E-state index is 12.6. The number of oxime groups is 1. The Kier molecular flexibility index (Phi) is 6.41. The van der Waals surface area contributed by atoms with Crippen LogP contribution in [0.4, 0.5) is 9.93 Å². The van der Waals surface area contributed by atoms with Gasteiger partial charge in [-0.1, -0.05) is 5.16 Å². The van der Waals surface area contributed by atoms with Crippen molar-refractivity contribution in [2.45, 2.75) is 32.4 Å². The lowest BCUT2D eigenvalue weighted by molar-refractivity contribution is -0.143. The largest absolute Gasteiger partial charge is 0.480 e. The minimum Gasteiger partial charge on any atom is -0.480 e. The van der Waals surface area contributed by atoms with Crippen molar-refractivity contribution in [2.24, 2.45) is 5.16 Å². The number of rotatable bonds is 6. The summed E-state index contributed by atoms with van der Waals surface area (Å²) in [6, 6.07) is -1.72. The summed E-state index contributed by atoms with van der Waals surface area (Å²) >= 11 is 1.11. The van der Waals surface area contributed by atoms with Crippen LogP contribution in [0.3, 0.4) is 0 Å².